The smallest absolute Gasteiger partial charge is 0.169 e. The van der Waals surface area contributed by atoms with Crippen LogP contribution in [0.15, 0.2) is 0 Å². The molecule has 0 rings (SSSR count). The zero-order chi connectivity index (χ0) is 9.98. The fourth-order valence-corrected chi connectivity index (χ4v) is 2.29. The second kappa shape index (κ2) is 11.9. The molecule has 0 aliphatic carbocycles. The minimum absolute atomic E-state index is 0.755. The Morgan fingerprint density at radius 1 is 0.917 bits per heavy atom. The number of thioether (sulfide) groups is 1. The Bertz CT molecular complexity index is 64.2. The highest BCUT2D eigenvalue weighted by Crippen LogP contribution is 2.05. The zero-order valence-corrected chi connectivity index (χ0v) is 11.5. The van der Waals surface area contributed by atoms with Crippen LogP contribution in [0.2, 0.25) is 10.6 Å². The van der Waals surface area contributed by atoms with Crippen molar-refractivity contribution in [1.29, 1.82) is 0 Å². The summed E-state index contributed by atoms with van der Waals surface area (Å²) in [6.45, 7) is 9.25. The summed E-state index contributed by atoms with van der Waals surface area (Å²) in [6, 6.07) is 0. The predicted molar refractivity (Wildman–Crippen MR) is 64.5 cm³/mol. The van der Waals surface area contributed by atoms with Gasteiger partial charge in [-0.1, -0.05) is 39.5 Å². The first-order valence-corrected chi connectivity index (χ1v) is 8.02. The zero-order valence-electron chi connectivity index (χ0n) is 9.55. The maximum Gasteiger partial charge on any atom is 0.200 e. The summed E-state index contributed by atoms with van der Waals surface area (Å²) in [5, 5.41) is 2.97. The van der Waals surface area contributed by atoms with Crippen molar-refractivity contribution in [3.05, 3.63) is 0 Å². The molecular weight excluding hydrogens is 179 g/mol. The van der Waals surface area contributed by atoms with Gasteiger partial charge in [0.15, 0.2) is 0 Å². The van der Waals surface area contributed by atoms with Crippen molar-refractivity contribution in [1.82, 2.24) is 0 Å². The molecule has 0 fully saturated rings. The average molecular weight is 203 g/mol. The minimum Gasteiger partial charge on any atom is -0.169 e. The fourth-order valence-electron chi connectivity index (χ4n) is 0.763. The number of hydrogen-bond donors (Lipinski definition) is 0. The van der Waals surface area contributed by atoms with Crippen molar-refractivity contribution in [2.75, 3.05) is 12.5 Å². The van der Waals surface area contributed by atoms with Gasteiger partial charge in [0.25, 0.3) is 0 Å². The quantitative estimate of drug-likeness (QED) is 0.626. The molecule has 12 heavy (non-hydrogen) atoms. The SMILES string of the molecule is CC(C)[CH2][Al][CH2]C(C)C.CSC. The van der Waals surface area contributed by atoms with E-state index in [0.717, 1.165) is 27.1 Å². The summed E-state index contributed by atoms with van der Waals surface area (Å²) in [5.41, 5.74) is 0. The molecule has 0 bridgehead atoms. The van der Waals surface area contributed by atoms with Crippen molar-refractivity contribution >= 4 is 27.0 Å². The lowest BCUT2D eigenvalue weighted by Gasteiger charge is -2.03. The van der Waals surface area contributed by atoms with Crippen LogP contribution in [0.25, 0.3) is 0 Å². The molecule has 0 heterocycles. The Morgan fingerprint density at radius 3 is 1.33 bits per heavy atom. The second-order valence-electron chi connectivity index (χ2n) is 3.96. The highest BCUT2D eigenvalue weighted by atomic mass is 32.2. The molecule has 0 aromatic heterocycles. The normalized spacial score (nSPS) is 9.67. The Balaban J connectivity index is 0. The van der Waals surface area contributed by atoms with Crippen LogP contribution < -0.4 is 0 Å². The van der Waals surface area contributed by atoms with Gasteiger partial charge in [0.1, 0.15) is 0 Å². The van der Waals surface area contributed by atoms with Gasteiger partial charge in [-0.15, -0.1) is 10.6 Å². The van der Waals surface area contributed by atoms with Crippen LogP contribution in [-0.4, -0.2) is 27.7 Å². The number of rotatable bonds is 4. The second-order valence-corrected chi connectivity index (χ2v) is 6.29. The van der Waals surface area contributed by atoms with Gasteiger partial charge in [0.2, 0.25) is 15.2 Å². The highest BCUT2D eigenvalue weighted by molar-refractivity contribution is 7.97. The van der Waals surface area contributed by atoms with E-state index in [1.54, 1.807) is 11.8 Å². The van der Waals surface area contributed by atoms with Gasteiger partial charge in [-0.05, 0) is 12.5 Å². The van der Waals surface area contributed by atoms with Crippen molar-refractivity contribution in [2.45, 2.75) is 38.3 Å². The van der Waals surface area contributed by atoms with Crippen LogP contribution >= 0.6 is 11.8 Å². The molecule has 2 heteroatoms. The first kappa shape index (κ1) is 15.4. The molecule has 0 spiro atoms. The van der Waals surface area contributed by atoms with Gasteiger partial charge in [-0.2, -0.15) is 11.8 Å². The van der Waals surface area contributed by atoms with E-state index in [0.29, 0.717) is 0 Å². The standard InChI is InChI=1S/2C4H9.C2H6S.Al/c2*1-4(2)3;1-3-2;/h2*4H,1H2,2-3H3;1-2H3;. The van der Waals surface area contributed by atoms with E-state index >= 15 is 0 Å². The lowest BCUT2D eigenvalue weighted by molar-refractivity contribution is 0.700. The van der Waals surface area contributed by atoms with Crippen LogP contribution in [0.3, 0.4) is 0 Å². The van der Waals surface area contributed by atoms with E-state index in [-0.39, 0.29) is 0 Å². The molecule has 0 saturated heterocycles. The van der Waals surface area contributed by atoms with Crippen molar-refractivity contribution in [2.24, 2.45) is 11.8 Å². The molecule has 0 aromatic rings. The molecular formula is C10H24AlS. The van der Waals surface area contributed by atoms with Gasteiger partial charge in [-0.3, -0.25) is 0 Å². The van der Waals surface area contributed by atoms with Gasteiger partial charge in [0.05, 0.1) is 0 Å². The summed E-state index contributed by atoms with van der Waals surface area (Å²) < 4.78 is 0. The molecule has 0 nitrogen and oxygen atoms in total. The lowest BCUT2D eigenvalue weighted by Crippen LogP contribution is -1.99. The molecule has 0 unspecified atom stereocenters. The molecule has 0 aliphatic rings. The van der Waals surface area contributed by atoms with Gasteiger partial charge in [0, 0.05) is 0 Å². The molecule has 0 aliphatic heterocycles. The van der Waals surface area contributed by atoms with Crippen molar-refractivity contribution in [3.63, 3.8) is 0 Å². The van der Waals surface area contributed by atoms with E-state index < -0.39 is 0 Å². The van der Waals surface area contributed by atoms with Crippen LogP contribution in [0.5, 0.6) is 0 Å². The summed E-state index contributed by atoms with van der Waals surface area (Å²) in [5.74, 6) is 1.86. The summed E-state index contributed by atoms with van der Waals surface area (Å²) in [6.07, 6.45) is 4.08. The largest absolute Gasteiger partial charge is 0.200 e. The molecule has 0 saturated carbocycles. The van der Waals surface area contributed by atoms with Gasteiger partial charge >= 0.3 is 0 Å². The molecule has 1 radical (unpaired) electrons. The van der Waals surface area contributed by atoms with Crippen molar-refractivity contribution < 1.29 is 0 Å². The number of hydrogen-bond acceptors (Lipinski definition) is 1. The van der Waals surface area contributed by atoms with Crippen molar-refractivity contribution in [3.8, 4) is 0 Å². The monoisotopic (exact) mass is 203 g/mol. The molecule has 73 valence electrons. The van der Waals surface area contributed by atoms with E-state index in [9.17, 15) is 0 Å². The van der Waals surface area contributed by atoms with Crippen LogP contribution in [0.4, 0.5) is 0 Å². The maximum atomic E-state index is 2.31. The first-order chi connectivity index (χ1) is 5.54. The molecule has 0 aromatic carbocycles. The van der Waals surface area contributed by atoms with E-state index in [2.05, 4.69) is 27.7 Å². The van der Waals surface area contributed by atoms with Gasteiger partial charge < -0.3 is 0 Å². The van der Waals surface area contributed by atoms with Gasteiger partial charge in [-0.25, -0.2) is 0 Å². The Labute approximate surface area is 89.6 Å². The van der Waals surface area contributed by atoms with Crippen LogP contribution in [0, 0.1) is 11.8 Å². The molecule has 0 N–H and O–H groups in total. The third-order valence-electron chi connectivity index (χ3n) is 1.28. The van der Waals surface area contributed by atoms with Crippen LogP contribution in [-0.2, 0) is 0 Å². The third kappa shape index (κ3) is 22.4. The summed E-state index contributed by atoms with van der Waals surface area (Å²) >= 11 is 2.50. The van der Waals surface area contributed by atoms with E-state index in [1.165, 1.54) is 10.6 Å². The summed E-state index contributed by atoms with van der Waals surface area (Å²) in [4.78, 5) is 0. The van der Waals surface area contributed by atoms with Crippen LogP contribution in [0.1, 0.15) is 27.7 Å². The fraction of sp³-hybridized carbons (Fsp3) is 1.00. The molecule has 0 amide bonds. The van der Waals surface area contributed by atoms with E-state index in [1.807, 2.05) is 12.5 Å². The Morgan fingerprint density at radius 2 is 1.17 bits per heavy atom. The molecule has 0 atom stereocenters. The first-order valence-electron chi connectivity index (χ1n) is 4.76. The highest BCUT2D eigenvalue weighted by Gasteiger charge is 1.98. The topological polar surface area (TPSA) is 0 Å². The maximum absolute atomic E-state index is 2.31. The lowest BCUT2D eigenvalue weighted by atomic mass is 10.3. The summed E-state index contributed by atoms with van der Waals surface area (Å²) in [7, 11) is 0. The Hall–Kier alpha value is 0.882. The Kier molecular flexibility index (Phi) is 15.2. The average Bonchev–Trinajstić information content (AvgIpc) is 1.87. The van der Waals surface area contributed by atoms with E-state index in [4.69, 9.17) is 0 Å². The minimum atomic E-state index is 0.755. The predicted octanol–water partition coefficient (Wildman–Crippen LogP) is 3.82. The third-order valence-corrected chi connectivity index (χ3v) is 3.83.